The van der Waals surface area contributed by atoms with Crippen LogP contribution in [-0.2, 0) is 11.3 Å². The molecule has 7 nitrogen and oxygen atoms in total. The number of hydrogen-bond acceptors (Lipinski definition) is 5. The van der Waals surface area contributed by atoms with Gasteiger partial charge in [0.2, 0.25) is 0 Å². The van der Waals surface area contributed by atoms with Crippen molar-refractivity contribution in [3.05, 3.63) is 23.3 Å². The molecule has 1 saturated heterocycles. The van der Waals surface area contributed by atoms with Crippen LogP contribution < -0.4 is 5.32 Å². The molecule has 0 saturated carbocycles. The Labute approximate surface area is 141 Å². The van der Waals surface area contributed by atoms with Gasteiger partial charge in [0.1, 0.15) is 11.0 Å². The molecule has 7 heteroatoms. The van der Waals surface area contributed by atoms with E-state index in [0.717, 1.165) is 43.6 Å². The molecule has 3 rings (SSSR count). The summed E-state index contributed by atoms with van der Waals surface area (Å²) in [5, 5.41) is 14.0. The summed E-state index contributed by atoms with van der Waals surface area (Å²) in [7, 11) is 1.62. The van der Waals surface area contributed by atoms with E-state index in [9.17, 15) is 4.79 Å². The molecule has 0 bridgehead atoms. The first kappa shape index (κ1) is 16.9. The van der Waals surface area contributed by atoms with E-state index in [2.05, 4.69) is 32.6 Å². The highest BCUT2D eigenvalue weighted by Crippen LogP contribution is 2.19. The quantitative estimate of drug-likeness (QED) is 0.871. The fourth-order valence-corrected chi connectivity index (χ4v) is 3.31. The second kappa shape index (κ2) is 7.72. The summed E-state index contributed by atoms with van der Waals surface area (Å²) in [6.45, 7) is 5.58. The number of carbonyl (C=O) groups excluding carboxylic acids is 1. The molecule has 2 N–H and O–H groups in total. The number of H-pyrrole nitrogens is 1. The van der Waals surface area contributed by atoms with Gasteiger partial charge < -0.3 is 15.0 Å². The zero-order valence-electron chi connectivity index (χ0n) is 14.3. The maximum Gasteiger partial charge on any atom is 0.251 e. The summed E-state index contributed by atoms with van der Waals surface area (Å²) in [6, 6.07) is 3.84. The minimum atomic E-state index is -0.0603. The van der Waals surface area contributed by atoms with Crippen molar-refractivity contribution in [2.45, 2.75) is 38.8 Å². The lowest BCUT2D eigenvalue weighted by Gasteiger charge is -2.24. The van der Waals surface area contributed by atoms with Crippen LogP contribution in [0.4, 0.5) is 0 Å². The lowest BCUT2D eigenvalue weighted by atomic mass is 10.0. The summed E-state index contributed by atoms with van der Waals surface area (Å²) in [6.07, 6.45) is 3.36. The summed E-state index contributed by atoms with van der Waals surface area (Å²) < 4.78 is 5.24. The van der Waals surface area contributed by atoms with E-state index >= 15 is 0 Å². The van der Waals surface area contributed by atoms with Crippen LogP contribution in [0.3, 0.4) is 0 Å². The first-order valence-corrected chi connectivity index (χ1v) is 8.56. The van der Waals surface area contributed by atoms with Gasteiger partial charge in [-0.2, -0.15) is 15.4 Å². The molecule has 0 radical (unpaired) electrons. The number of carbonyl (C=O) groups is 1. The number of fused-ring (bicyclic) bond motifs is 1. The molecular formula is C17H25N5O2. The number of rotatable bonds is 5. The highest BCUT2D eigenvalue weighted by molar-refractivity contribution is 5.99. The van der Waals surface area contributed by atoms with Gasteiger partial charge in [0.05, 0.1) is 6.61 Å². The minimum absolute atomic E-state index is 0.0603. The Morgan fingerprint density at radius 2 is 2.17 bits per heavy atom. The van der Waals surface area contributed by atoms with Crippen LogP contribution in [0.2, 0.25) is 0 Å². The normalized spacial score (nSPS) is 19.3. The largest absolute Gasteiger partial charge is 0.380 e. The molecule has 0 spiro atoms. The van der Waals surface area contributed by atoms with Crippen LogP contribution in [0.15, 0.2) is 12.1 Å². The minimum Gasteiger partial charge on any atom is -0.380 e. The van der Waals surface area contributed by atoms with Gasteiger partial charge in [-0.25, -0.2) is 0 Å². The predicted molar refractivity (Wildman–Crippen MR) is 91.8 cm³/mol. The van der Waals surface area contributed by atoms with Gasteiger partial charge in [0.25, 0.3) is 5.91 Å². The number of ether oxygens (including phenoxy) is 1. The fraction of sp³-hybridized carbons (Fsp3) is 0.588. The third kappa shape index (κ3) is 3.73. The van der Waals surface area contributed by atoms with Gasteiger partial charge in [0.15, 0.2) is 0 Å². The number of benzene rings is 1. The molecule has 1 aliphatic heterocycles. The summed E-state index contributed by atoms with van der Waals surface area (Å²) >= 11 is 0. The highest BCUT2D eigenvalue weighted by Gasteiger charge is 2.21. The Bertz CT molecular complexity index is 699. The van der Waals surface area contributed by atoms with Crippen molar-refractivity contribution in [3.63, 3.8) is 0 Å². The predicted octanol–water partition coefficient (Wildman–Crippen LogP) is 1.71. The van der Waals surface area contributed by atoms with Crippen LogP contribution in [0.1, 0.15) is 42.1 Å². The van der Waals surface area contributed by atoms with Crippen molar-refractivity contribution < 1.29 is 9.53 Å². The monoisotopic (exact) mass is 331 g/mol. The van der Waals surface area contributed by atoms with Crippen LogP contribution in [0.5, 0.6) is 0 Å². The second-order valence-electron chi connectivity index (χ2n) is 6.31. The van der Waals surface area contributed by atoms with Crippen molar-refractivity contribution >= 4 is 16.9 Å². The van der Waals surface area contributed by atoms with Gasteiger partial charge in [-0.1, -0.05) is 13.3 Å². The molecule has 1 unspecified atom stereocenters. The summed E-state index contributed by atoms with van der Waals surface area (Å²) in [4.78, 5) is 15.2. The van der Waals surface area contributed by atoms with E-state index in [0.29, 0.717) is 17.7 Å². The van der Waals surface area contributed by atoms with E-state index in [-0.39, 0.29) is 11.9 Å². The third-order valence-electron chi connectivity index (χ3n) is 4.62. The molecule has 24 heavy (non-hydrogen) atoms. The molecule has 1 fully saturated rings. The fourth-order valence-electron chi connectivity index (χ4n) is 3.31. The summed E-state index contributed by atoms with van der Waals surface area (Å²) in [5.41, 5.74) is 2.88. The van der Waals surface area contributed by atoms with Crippen LogP contribution in [0, 0.1) is 0 Å². The van der Waals surface area contributed by atoms with E-state index in [1.807, 2.05) is 6.07 Å². The highest BCUT2D eigenvalue weighted by atomic mass is 16.5. The zero-order valence-corrected chi connectivity index (χ0v) is 14.3. The first-order chi connectivity index (χ1) is 11.7. The van der Waals surface area contributed by atoms with Crippen molar-refractivity contribution in [2.75, 3.05) is 26.7 Å². The first-order valence-electron chi connectivity index (χ1n) is 8.56. The van der Waals surface area contributed by atoms with Crippen molar-refractivity contribution in [1.82, 2.24) is 25.6 Å². The van der Waals surface area contributed by atoms with Crippen LogP contribution >= 0.6 is 0 Å². The molecule has 1 aromatic heterocycles. The summed E-state index contributed by atoms with van der Waals surface area (Å²) in [5.74, 6) is -0.0603. The van der Waals surface area contributed by atoms with Gasteiger partial charge >= 0.3 is 0 Å². The SMILES string of the molecule is CCN1CCCCC(NC(=O)c2cc3n[nH]nc3cc2COC)C1. The topological polar surface area (TPSA) is 83.1 Å². The molecule has 2 heterocycles. The molecule has 1 aliphatic rings. The second-order valence-corrected chi connectivity index (χ2v) is 6.31. The Hall–Kier alpha value is -1.99. The van der Waals surface area contributed by atoms with E-state index in [1.54, 1.807) is 13.2 Å². The van der Waals surface area contributed by atoms with Gasteiger partial charge in [-0.05, 0) is 43.6 Å². The van der Waals surface area contributed by atoms with Crippen molar-refractivity contribution in [2.24, 2.45) is 0 Å². The number of aromatic amines is 1. The van der Waals surface area contributed by atoms with Crippen molar-refractivity contribution in [3.8, 4) is 0 Å². The number of methoxy groups -OCH3 is 1. The van der Waals surface area contributed by atoms with Gasteiger partial charge in [-0.15, -0.1) is 0 Å². The van der Waals surface area contributed by atoms with Crippen LogP contribution in [-0.4, -0.2) is 59.0 Å². The van der Waals surface area contributed by atoms with Gasteiger partial charge in [0, 0.05) is 25.3 Å². The molecule has 1 amide bonds. The standard InChI is InChI=1S/C17H25N5O2/c1-3-22-7-5-4-6-13(10-22)18-17(23)14-9-16-15(19-21-20-16)8-12(14)11-24-2/h8-9,13H,3-7,10-11H2,1-2H3,(H,18,23)(H,19,20,21). The molecule has 0 aliphatic carbocycles. The number of nitrogens with zero attached hydrogens (tertiary/aromatic N) is 3. The van der Waals surface area contributed by atoms with Crippen LogP contribution in [0.25, 0.3) is 11.0 Å². The van der Waals surface area contributed by atoms with Crippen molar-refractivity contribution in [1.29, 1.82) is 0 Å². The number of aromatic nitrogens is 3. The lowest BCUT2D eigenvalue weighted by molar-refractivity contribution is 0.0922. The maximum atomic E-state index is 12.8. The lowest BCUT2D eigenvalue weighted by Crippen LogP contribution is -2.42. The molecular weight excluding hydrogens is 306 g/mol. The number of likely N-dealkylation sites (tertiary alicyclic amines) is 1. The molecule has 130 valence electrons. The maximum absolute atomic E-state index is 12.8. The van der Waals surface area contributed by atoms with E-state index in [4.69, 9.17) is 4.74 Å². The van der Waals surface area contributed by atoms with E-state index < -0.39 is 0 Å². The van der Waals surface area contributed by atoms with Gasteiger partial charge in [-0.3, -0.25) is 4.79 Å². The Balaban J connectivity index is 1.80. The number of nitrogens with one attached hydrogen (secondary N) is 2. The number of likely N-dealkylation sites (N-methyl/N-ethyl adjacent to an activating group) is 1. The Kier molecular flexibility index (Phi) is 5.42. The molecule has 2 aromatic rings. The zero-order chi connectivity index (χ0) is 16.9. The van der Waals surface area contributed by atoms with E-state index in [1.165, 1.54) is 6.42 Å². The average Bonchev–Trinajstić information content (AvgIpc) is 2.91. The molecule has 1 atom stereocenters. The average molecular weight is 331 g/mol. The number of hydrogen-bond donors (Lipinski definition) is 2. The Morgan fingerprint density at radius 3 is 2.92 bits per heavy atom. The molecule has 1 aromatic carbocycles. The number of amides is 1. The third-order valence-corrected chi connectivity index (χ3v) is 4.62. The Morgan fingerprint density at radius 1 is 1.38 bits per heavy atom. The smallest absolute Gasteiger partial charge is 0.251 e.